The van der Waals surface area contributed by atoms with Crippen LogP contribution in [0.5, 0.6) is 0 Å². The van der Waals surface area contributed by atoms with E-state index in [9.17, 15) is 14.4 Å². The Labute approximate surface area is 319 Å². The Morgan fingerprint density at radius 1 is 0.849 bits per heavy atom. The number of benzene rings is 2. The Balaban J connectivity index is 1.30. The van der Waals surface area contributed by atoms with E-state index in [-0.39, 0.29) is 37.0 Å². The number of carbonyl (C=O) groups excluding carboxylic acids is 3. The first-order valence-corrected chi connectivity index (χ1v) is 19.5. The number of carbonyl (C=O) groups is 3. The van der Waals surface area contributed by atoms with Gasteiger partial charge in [0, 0.05) is 61.7 Å². The van der Waals surface area contributed by atoms with Gasteiger partial charge in [-0.25, -0.2) is 24.5 Å². The lowest BCUT2D eigenvalue weighted by molar-refractivity contribution is -0.123. The van der Waals surface area contributed by atoms with E-state index in [2.05, 4.69) is 44.7 Å². The van der Waals surface area contributed by atoms with Gasteiger partial charge in [-0.2, -0.15) is 0 Å². The first-order chi connectivity index (χ1) is 25.6. The molecule has 0 spiro atoms. The minimum absolute atomic E-state index is 0.0928. The van der Waals surface area contributed by atoms with Gasteiger partial charge < -0.3 is 30.2 Å². The summed E-state index contributed by atoms with van der Waals surface area (Å²) in [5.74, 6) is -0.0140. The minimum Gasteiger partial charge on any atom is -0.442 e. The van der Waals surface area contributed by atoms with Gasteiger partial charge in [-0.3, -0.25) is 4.79 Å². The predicted molar refractivity (Wildman–Crippen MR) is 208 cm³/mol. The van der Waals surface area contributed by atoms with Crippen LogP contribution < -0.4 is 16.0 Å². The van der Waals surface area contributed by atoms with Crippen LogP contribution in [0.1, 0.15) is 65.1 Å². The number of nitrogens with zero attached hydrogens (tertiary/aromatic N) is 5. The first-order valence-electron chi connectivity index (χ1n) is 17.7. The quantitative estimate of drug-likeness (QED) is 0.0959. The van der Waals surface area contributed by atoms with Crippen LogP contribution in [0.3, 0.4) is 0 Å². The van der Waals surface area contributed by atoms with Gasteiger partial charge in [0.25, 0.3) is 0 Å². The molecule has 0 unspecified atom stereocenters. The summed E-state index contributed by atoms with van der Waals surface area (Å²) in [7, 11) is 3.56. The van der Waals surface area contributed by atoms with Crippen LogP contribution in [0.4, 0.5) is 9.59 Å². The molecule has 280 valence electrons. The van der Waals surface area contributed by atoms with Crippen LogP contribution in [0.15, 0.2) is 90.1 Å². The molecule has 14 heteroatoms. The highest BCUT2D eigenvalue weighted by Crippen LogP contribution is 2.20. The maximum Gasteiger partial charge on any atom is 0.407 e. The third-order valence-corrected chi connectivity index (χ3v) is 10.5. The summed E-state index contributed by atoms with van der Waals surface area (Å²) >= 11 is 3.00. The first kappa shape index (κ1) is 39.1. The molecule has 0 aliphatic rings. The van der Waals surface area contributed by atoms with Crippen LogP contribution in [-0.4, -0.2) is 67.6 Å². The zero-order chi connectivity index (χ0) is 37.6. The molecule has 3 aromatic heterocycles. The van der Waals surface area contributed by atoms with Crippen molar-refractivity contribution in [2.45, 2.75) is 83.1 Å². The number of aromatic nitrogens is 4. The summed E-state index contributed by atoms with van der Waals surface area (Å²) in [5.41, 5.74) is 3.61. The second kappa shape index (κ2) is 19.7. The molecular formula is C39H48N8O4S2. The maximum atomic E-state index is 14.2. The molecule has 0 aliphatic carbocycles. The molecule has 53 heavy (non-hydrogen) atoms. The number of hydrogen-bond acceptors (Lipinski definition) is 9. The molecule has 0 bridgehead atoms. The fourth-order valence-corrected chi connectivity index (χ4v) is 7.19. The summed E-state index contributed by atoms with van der Waals surface area (Å²) in [4.78, 5) is 55.5. The Kier molecular flexibility index (Phi) is 14.5. The molecule has 0 radical (unpaired) electrons. The van der Waals surface area contributed by atoms with E-state index in [0.717, 1.165) is 21.8 Å². The number of rotatable bonds is 18. The van der Waals surface area contributed by atoms with Crippen molar-refractivity contribution in [3.8, 4) is 0 Å². The van der Waals surface area contributed by atoms with Gasteiger partial charge in [-0.15, -0.1) is 22.7 Å². The zero-order valence-electron chi connectivity index (χ0n) is 30.6. The summed E-state index contributed by atoms with van der Waals surface area (Å²) in [5, 5.41) is 14.8. The Morgan fingerprint density at radius 3 is 2.08 bits per heavy atom. The SMILES string of the molecule is CC(C)c1nc(CN(C)C(=O)N[C@@H](Cc2cn(C)cn2)C(=O)N[C@H](CC[C@H](Cc2ccccc2)NC(=O)OCc2nccs2)Cc2ccccc2)cs1. The molecule has 12 nitrogen and oxygen atoms in total. The van der Waals surface area contributed by atoms with E-state index in [4.69, 9.17) is 4.74 Å². The Bertz CT molecular complexity index is 1860. The average Bonchev–Trinajstić information content (AvgIpc) is 3.93. The van der Waals surface area contributed by atoms with Gasteiger partial charge in [0.15, 0.2) is 0 Å². The molecule has 0 saturated heterocycles. The van der Waals surface area contributed by atoms with Crippen LogP contribution in [0, 0.1) is 0 Å². The van der Waals surface area contributed by atoms with Crippen molar-refractivity contribution in [1.29, 1.82) is 0 Å². The second-order valence-electron chi connectivity index (χ2n) is 13.4. The molecule has 4 amide bonds. The van der Waals surface area contributed by atoms with Gasteiger partial charge >= 0.3 is 12.1 Å². The summed E-state index contributed by atoms with van der Waals surface area (Å²) in [6.45, 7) is 4.58. The number of nitrogens with one attached hydrogen (secondary N) is 3. The molecule has 5 aromatic rings. The molecular weight excluding hydrogens is 709 g/mol. The third kappa shape index (κ3) is 12.8. The van der Waals surface area contributed by atoms with Gasteiger partial charge in [0.2, 0.25) is 5.91 Å². The lowest BCUT2D eigenvalue weighted by Crippen LogP contribution is -2.53. The van der Waals surface area contributed by atoms with Crippen molar-refractivity contribution in [3.63, 3.8) is 0 Å². The topological polar surface area (TPSA) is 143 Å². The van der Waals surface area contributed by atoms with Crippen LogP contribution in [0.25, 0.3) is 0 Å². The average molecular weight is 757 g/mol. The zero-order valence-corrected chi connectivity index (χ0v) is 32.2. The summed E-state index contributed by atoms with van der Waals surface area (Å²) < 4.78 is 7.30. The van der Waals surface area contributed by atoms with Gasteiger partial charge in [-0.1, -0.05) is 74.5 Å². The molecule has 0 fully saturated rings. The van der Waals surface area contributed by atoms with Crippen molar-refractivity contribution in [2.75, 3.05) is 7.05 Å². The second-order valence-corrected chi connectivity index (χ2v) is 15.3. The number of imidazole rings is 1. The van der Waals surface area contributed by atoms with Crippen molar-refractivity contribution < 1.29 is 19.1 Å². The number of alkyl carbamates (subject to hydrolysis) is 1. The van der Waals surface area contributed by atoms with Crippen LogP contribution >= 0.6 is 22.7 Å². The Morgan fingerprint density at radius 2 is 1.51 bits per heavy atom. The summed E-state index contributed by atoms with van der Waals surface area (Å²) in [6, 6.07) is 18.1. The normalized spacial score (nSPS) is 12.8. The van der Waals surface area contributed by atoms with E-state index in [1.54, 1.807) is 30.9 Å². The molecule has 5 rings (SSSR count). The van der Waals surface area contributed by atoms with E-state index >= 15 is 0 Å². The third-order valence-electron chi connectivity index (χ3n) is 8.59. The van der Waals surface area contributed by atoms with E-state index < -0.39 is 12.1 Å². The van der Waals surface area contributed by atoms with Crippen molar-refractivity contribution in [2.24, 2.45) is 7.05 Å². The predicted octanol–water partition coefficient (Wildman–Crippen LogP) is 6.25. The molecule has 0 aliphatic heterocycles. The number of amides is 4. The maximum absolute atomic E-state index is 14.2. The fourth-order valence-electron chi connectivity index (χ4n) is 5.84. The standard InChI is InChI=1S/C39H48N8O4S2/c1-27(2)37-43-33(25-53-37)23-47(4)38(49)45-34(21-32-22-46(3)26-41-32)36(48)42-30(19-28-11-7-5-8-12-28)15-16-31(20-29-13-9-6-10-14-29)44-39(50)51-24-35-40-17-18-52-35/h5-14,17-18,22,25-27,30-31,34H,15-16,19-21,23-24H2,1-4H3,(H,42,48)(H,44,50)(H,45,49)/t30-,31-,34+/m1/s1. The number of ether oxygens (including phenoxy) is 1. The highest BCUT2D eigenvalue weighted by atomic mass is 32.1. The van der Waals surface area contributed by atoms with E-state index in [1.165, 1.54) is 16.2 Å². The molecule has 0 saturated carbocycles. The van der Waals surface area contributed by atoms with E-state index in [1.807, 2.05) is 89.2 Å². The molecule has 3 N–H and O–H groups in total. The van der Waals surface area contributed by atoms with E-state index in [0.29, 0.717) is 48.8 Å². The summed E-state index contributed by atoms with van der Waals surface area (Å²) in [6.07, 6.45) is 7.14. The lowest BCUT2D eigenvalue weighted by atomic mass is 9.95. The molecule has 2 aromatic carbocycles. The van der Waals surface area contributed by atoms with Crippen molar-refractivity contribution >= 4 is 40.7 Å². The monoisotopic (exact) mass is 756 g/mol. The number of thiazole rings is 2. The van der Waals surface area contributed by atoms with Gasteiger partial charge in [0.05, 0.1) is 29.3 Å². The number of aryl methyl sites for hydroxylation is 1. The largest absolute Gasteiger partial charge is 0.442 e. The number of hydrogen-bond donors (Lipinski definition) is 3. The van der Waals surface area contributed by atoms with Gasteiger partial charge in [0.1, 0.15) is 17.7 Å². The highest BCUT2D eigenvalue weighted by Gasteiger charge is 2.27. The van der Waals surface area contributed by atoms with Crippen molar-refractivity contribution in [3.05, 3.63) is 123 Å². The van der Waals surface area contributed by atoms with Crippen LogP contribution in [0.2, 0.25) is 0 Å². The molecule has 3 heterocycles. The van der Waals surface area contributed by atoms with Crippen molar-refractivity contribution in [1.82, 2.24) is 40.4 Å². The Hall–Kier alpha value is -5.08. The highest BCUT2D eigenvalue weighted by molar-refractivity contribution is 7.09. The minimum atomic E-state index is -0.890. The smallest absolute Gasteiger partial charge is 0.407 e. The molecule has 3 atom stereocenters. The van der Waals surface area contributed by atoms with Gasteiger partial charge in [-0.05, 0) is 36.8 Å². The number of urea groups is 1. The van der Waals surface area contributed by atoms with Crippen LogP contribution in [-0.2, 0) is 49.0 Å². The fraction of sp³-hybridized carbons (Fsp3) is 0.385. The lowest BCUT2D eigenvalue weighted by Gasteiger charge is -2.27.